The Morgan fingerprint density at radius 2 is 2.04 bits per heavy atom. The average molecular weight is 389 g/mol. The highest BCUT2D eigenvalue weighted by molar-refractivity contribution is 7.98. The Bertz CT molecular complexity index is 912. The molecule has 1 amide bonds. The van der Waals surface area contributed by atoms with Crippen molar-refractivity contribution in [2.45, 2.75) is 17.8 Å². The summed E-state index contributed by atoms with van der Waals surface area (Å²) in [6, 6.07) is 12.6. The lowest BCUT2D eigenvalue weighted by molar-refractivity contribution is 0.102. The average Bonchev–Trinajstić information content (AvgIpc) is 3.06. The third-order valence-corrected chi connectivity index (χ3v) is 4.78. The van der Waals surface area contributed by atoms with Crippen molar-refractivity contribution in [1.82, 2.24) is 15.2 Å². The van der Waals surface area contributed by atoms with Gasteiger partial charge in [0.1, 0.15) is 11.6 Å². The van der Waals surface area contributed by atoms with Gasteiger partial charge in [0.2, 0.25) is 5.16 Å². The van der Waals surface area contributed by atoms with Gasteiger partial charge >= 0.3 is 0 Å². The number of rotatable bonds is 6. The van der Waals surface area contributed by atoms with Crippen molar-refractivity contribution in [3.05, 3.63) is 64.4 Å². The van der Waals surface area contributed by atoms with E-state index in [4.69, 9.17) is 16.3 Å². The van der Waals surface area contributed by atoms with Crippen molar-refractivity contribution < 1.29 is 9.53 Å². The fourth-order valence-electron chi connectivity index (χ4n) is 2.23. The number of hydrogen-bond donors (Lipinski definition) is 2. The number of benzene rings is 2. The zero-order chi connectivity index (χ0) is 18.5. The predicted molar refractivity (Wildman–Crippen MR) is 103 cm³/mol. The molecule has 26 heavy (non-hydrogen) atoms. The normalized spacial score (nSPS) is 10.6. The van der Waals surface area contributed by atoms with Crippen molar-refractivity contribution in [1.29, 1.82) is 0 Å². The summed E-state index contributed by atoms with van der Waals surface area (Å²) in [5.74, 6) is 1.85. The third-order valence-electron chi connectivity index (χ3n) is 3.57. The van der Waals surface area contributed by atoms with E-state index in [1.54, 1.807) is 30.0 Å². The van der Waals surface area contributed by atoms with Gasteiger partial charge in [-0.05, 0) is 42.8 Å². The van der Waals surface area contributed by atoms with E-state index >= 15 is 0 Å². The molecule has 0 aliphatic heterocycles. The predicted octanol–water partition coefficient (Wildman–Crippen LogP) is 4.32. The summed E-state index contributed by atoms with van der Waals surface area (Å²) in [6.07, 6.45) is 0. The van der Waals surface area contributed by atoms with Crippen LogP contribution in [0, 0.1) is 6.92 Å². The van der Waals surface area contributed by atoms with Crippen LogP contribution >= 0.6 is 23.4 Å². The molecule has 3 aromatic rings. The molecule has 0 fully saturated rings. The van der Waals surface area contributed by atoms with Gasteiger partial charge in [0, 0.05) is 17.0 Å². The van der Waals surface area contributed by atoms with Gasteiger partial charge < -0.3 is 10.1 Å². The number of halogens is 1. The highest BCUT2D eigenvalue weighted by Crippen LogP contribution is 2.25. The zero-order valence-corrected chi connectivity index (χ0v) is 15.8. The minimum Gasteiger partial charge on any atom is -0.495 e. The maximum absolute atomic E-state index is 12.3. The molecule has 0 saturated carbocycles. The van der Waals surface area contributed by atoms with Crippen LogP contribution in [0.5, 0.6) is 5.75 Å². The molecule has 0 aliphatic carbocycles. The van der Waals surface area contributed by atoms with Crippen molar-refractivity contribution in [3.63, 3.8) is 0 Å². The van der Waals surface area contributed by atoms with Crippen molar-refractivity contribution in [3.8, 4) is 5.75 Å². The molecule has 0 bridgehead atoms. The quantitative estimate of drug-likeness (QED) is 0.615. The molecule has 6 nitrogen and oxygen atoms in total. The van der Waals surface area contributed by atoms with Crippen LogP contribution < -0.4 is 10.1 Å². The summed E-state index contributed by atoms with van der Waals surface area (Å²) in [7, 11) is 1.53. The Morgan fingerprint density at radius 1 is 1.27 bits per heavy atom. The second-order valence-corrected chi connectivity index (χ2v) is 6.84. The van der Waals surface area contributed by atoms with Crippen LogP contribution in [0.1, 0.15) is 21.7 Å². The zero-order valence-electron chi connectivity index (χ0n) is 14.2. The Morgan fingerprint density at radius 3 is 2.65 bits per heavy atom. The number of nitrogens with one attached hydrogen (secondary N) is 2. The molecule has 2 aromatic carbocycles. The van der Waals surface area contributed by atoms with E-state index in [9.17, 15) is 4.79 Å². The van der Waals surface area contributed by atoms with Crippen LogP contribution in [0.15, 0.2) is 47.6 Å². The standard InChI is InChI=1S/C18H17ClN4O2S/c1-11-20-18(23-22-11)26-10-12-3-6-14(7-4-12)21-17(24)13-5-8-16(25-2)15(19)9-13/h3-9H,10H2,1-2H3,(H,21,24)(H,20,22,23). The summed E-state index contributed by atoms with van der Waals surface area (Å²) < 4.78 is 5.09. The van der Waals surface area contributed by atoms with Crippen LogP contribution in [-0.2, 0) is 5.75 Å². The van der Waals surface area contributed by atoms with E-state index in [1.165, 1.54) is 7.11 Å². The number of nitrogens with zero attached hydrogens (tertiary/aromatic N) is 2. The Balaban J connectivity index is 1.59. The highest BCUT2D eigenvalue weighted by Gasteiger charge is 2.10. The first-order valence-corrected chi connectivity index (χ1v) is 9.17. The molecule has 1 aromatic heterocycles. The monoisotopic (exact) mass is 388 g/mol. The number of aryl methyl sites for hydroxylation is 1. The first-order chi connectivity index (χ1) is 12.5. The van der Waals surface area contributed by atoms with E-state index in [0.29, 0.717) is 22.0 Å². The van der Waals surface area contributed by atoms with Crippen LogP contribution in [0.3, 0.4) is 0 Å². The lowest BCUT2D eigenvalue weighted by atomic mass is 10.2. The molecule has 0 spiro atoms. The van der Waals surface area contributed by atoms with Crippen LogP contribution in [0.4, 0.5) is 5.69 Å². The minimum absolute atomic E-state index is 0.229. The number of hydrogen-bond acceptors (Lipinski definition) is 5. The number of aromatic nitrogens is 3. The smallest absolute Gasteiger partial charge is 0.255 e. The van der Waals surface area contributed by atoms with Crippen molar-refractivity contribution in [2.75, 3.05) is 12.4 Å². The van der Waals surface area contributed by atoms with Crippen molar-refractivity contribution in [2.24, 2.45) is 0 Å². The van der Waals surface area contributed by atoms with Crippen LogP contribution in [0.25, 0.3) is 0 Å². The summed E-state index contributed by atoms with van der Waals surface area (Å²) in [4.78, 5) is 16.6. The molecule has 1 heterocycles. The van der Waals surface area contributed by atoms with E-state index in [1.807, 2.05) is 31.2 Å². The number of anilines is 1. The van der Waals surface area contributed by atoms with Gasteiger partial charge in [-0.25, -0.2) is 4.98 Å². The summed E-state index contributed by atoms with van der Waals surface area (Å²) in [5, 5.41) is 10.9. The van der Waals surface area contributed by atoms with E-state index in [-0.39, 0.29) is 5.91 Å². The Labute approximate surface area is 160 Å². The Kier molecular flexibility index (Phi) is 5.80. The SMILES string of the molecule is COc1ccc(C(=O)Nc2ccc(CSc3n[nH]c(C)n3)cc2)cc1Cl. The molecule has 0 atom stereocenters. The first-order valence-electron chi connectivity index (χ1n) is 7.81. The number of methoxy groups -OCH3 is 1. The Hall–Kier alpha value is -2.51. The van der Waals surface area contributed by atoms with Gasteiger partial charge in [0.05, 0.1) is 12.1 Å². The third kappa shape index (κ3) is 4.56. The lowest BCUT2D eigenvalue weighted by Crippen LogP contribution is -2.11. The molecule has 0 aliphatic rings. The number of H-pyrrole nitrogens is 1. The summed E-state index contributed by atoms with van der Waals surface area (Å²) >= 11 is 7.61. The fourth-order valence-corrected chi connectivity index (χ4v) is 3.29. The number of carbonyl (C=O) groups is 1. The molecular formula is C18H17ClN4O2S. The molecule has 134 valence electrons. The topological polar surface area (TPSA) is 79.9 Å². The molecule has 0 radical (unpaired) electrons. The van der Waals surface area contributed by atoms with E-state index in [0.717, 1.165) is 22.3 Å². The molecule has 0 saturated heterocycles. The second kappa shape index (κ2) is 8.25. The maximum atomic E-state index is 12.3. The number of thioether (sulfide) groups is 1. The first kappa shape index (κ1) is 18.3. The summed E-state index contributed by atoms with van der Waals surface area (Å²) in [6.45, 7) is 1.87. The van der Waals surface area contributed by atoms with Gasteiger partial charge in [0.15, 0.2) is 0 Å². The molecule has 0 unspecified atom stereocenters. The van der Waals surface area contributed by atoms with Gasteiger partial charge in [-0.15, -0.1) is 5.10 Å². The molecule has 8 heteroatoms. The van der Waals surface area contributed by atoms with Crippen LogP contribution in [-0.4, -0.2) is 28.2 Å². The van der Waals surface area contributed by atoms with E-state index < -0.39 is 0 Å². The van der Waals surface area contributed by atoms with Crippen molar-refractivity contribution >= 4 is 35.0 Å². The fraction of sp³-hybridized carbons (Fsp3) is 0.167. The summed E-state index contributed by atoms with van der Waals surface area (Å²) in [5.41, 5.74) is 2.29. The number of carbonyl (C=O) groups excluding carboxylic acids is 1. The second-order valence-electron chi connectivity index (χ2n) is 5.49. The van der Waals surface area contributed by atoms with Gasteiger partial charge in [-0.2, -0.15) is 0 Å². The number of amides is 1. The number of ether oxygens (including phenoxy) is 1. The maximum Gasteiger partial charge on any atom is 0.255 e. The largest absolute Gasteiger partial charge is 0.495 e. The highest BCUT2D eigenvalue weighted by atomic mass is 35.5. The minimum atomic E-state index is -0.229. The molecule has 2 N–H and O–H groups in total. The van der Waals surface area contributed by atoms with Gasteiger partial charge in [0.25, 0.3) is 5.91 Å². The van der Waals surface area contributed by atoms with Gasteiger partial charge in [-0.3, -0.25) is 9.89 Å². The molecule has 3 rings (SSSR count). The van der Waals surface area contributed by atoms with Crippen LogP contribution in [0.2, 0.25) is 5.02 Å². The molecular weight excluding hydrogens is 372 g/mol. The lowest BCUT2D eigenvalue weighted by Gasteiger charge is -2.08. The number of aromatic amines is 1. The van der Waals surface area contributed by atoms with Gasteiger partial charge in [-0.1, -0.05) is 35.5 Å². The van der Waals surface area contributed by atoms with E-state index in [2.05, 4.69) is 20.5 Å².